The number of rotatable bonds is 2. The van der Waals surface area contributed by atoms with Crippen LogP contribution in [0, 0.1) is 11.8 Å². The van der Waals surface area contributed by atoms with Crippen LogP contribution >= 0.6 is 0 Å². The van der Waals surface area contributed by atoms with Crippen molar-refractivity contribution in [2.75, 3.05) is 23.3 Å². The molecule has 0 bridgehead atoms. The van der Waals surface area contributed by atoms with Gasteiger partial charge in [-0.1, -0.05) is 48.6 Å². The van der Waals surface area contributed by atoms with Crippen LogP contribution in [0.2, 0.25) is 0 Å². The van der Waals surface area contributed by atoms with Gasteiger partial charge in [-0.3, -0.25) is 4.79 Å². The highest BCUT2D eigenvalue weighted by Crippen LogP contribution is 2.54. The van der Waals surface area contributed by atoms with Crippen molar-refractivity contribution in [3.8, 4) is 0 Å². The number of carbonyl (C=O) groups is 1. The van der Waals surface area contributed by atoms with Crippen molar-refractivity contribution < 1.29 is 4.79 Å². The summed E-state index contributed by atoms with van der Waals surface area (Å²) in [5.74, 6) is 2.25. The normalized spacial score (nSPS) is 28.6. The Morgan fingerprint density at radius 3 is 2.39 bits per heavy atom. The van der Waals surface area contributed by atoms with E-state index in [9.17, 15) is 4.79 Å². The second kappa shape index (κ2) is 6.10. The zero-order valence-electron chi connectivity index (χ0n) is 15.8. The van der Waals surface area contributed by atoms with E-state index in [-0.39, 0.29) is 5.91 Å². The van der Waals surface area contributed by atoms with Gasteiger partial charge in [-0.2, -0.15) is 0 Å². The van der Waals surface area contributed by atoms with E-state index in [1.165, 1.54) is 23.2 Å². The van der Waals surface area contributed by atoms with Gasteiger partial charge in [-0.05, 0) is 48.4 Å². The molecule has 6 rings (SSSR count). The SMILES string of the molecule is O=C(Nc1ccc2c3c1[C@H]1C=CC[C@H]1CN3C[C@@H]1CC=C[C@H]21)c1ccccc1. The van der Waals surface area contributed by atoms with E-state index in [0.29, 0.717) is 29.2 Å². The Balaban J connectivity index is 1.47. The summed E-state index contributed by atoms with van der Waals surface area (Å²) < 4.78 is 0. The number of anilines is 2. The Morgan fingerprint density at radius 2 is 1.61 bits per heavy atom. The van der Waals surface area contributed by atoms with E-state index < -0.39 is 0 Å². The third-order valence-corrected chi connectivity index (χ3v) is 7.03. The van der Waals surface area contributed by atoms with Gasteiger partial charge in [0.1, 0.15) is 0 Å². The van der Waals surface area contributed by atoms with Gasteiger partial charge in [-0.15, -0.1) is 0 Å². The third kappa shape index (κ3) is 2.32. The standard InChI is InChI=1S/C25H24N2O/c28-25(16-6-2-1-3-7-16)26-22-13-12-21-19-10-4-8-17(19)14-27-15-18-9-5-11-20(18)23(22)24(21)27/h1-7,10-13,17-20H,8-9,14-15H2,(H,26,28)/t17-,18-,19-,20-/m0/s1. The first kappa shape index (κ1) is 16.2. The molecule has 3 heteroatoms. The average Bonchev–Trinajstić information content (AvgIpc) is 3.39. The molecule has 0 radical (unpaired) electrons. The predicted molar refractivity (Wildman–Crippen MR) is 113 cm³/mol. The van der Waals surface area contributed by atoms with E-state index in [4.69, 9.17) is 0 Å². The van der Waals surface area contributed by atoms with E-state index in [2.05, 4.69) is 46.7 Å². The second-order valence-corrected chi connectivity index (χ2v) is 8.59. The van der Waals surface area contributed by atoms with E-state index >= 15 is 0 Å². The van der Waals surface area contributed by atoms with Crippen molar-refractivity contribution in [1.82, 2.24) is 0 Å². The smallest absolute Gasteiger partial charge is 0.255 e. The Labute approximate surface area is 165 Å². The van der Waals surface area contributed by atoms with Crippen molar-refractivity contribution >= 4 is 17.3 Å². The molecular formula is C25H24N2O. The molecule has 0 unspecified atom stereocenters. The molecule has 0 spiro atoms. The molecule has 2 aliphatic heterocycles. The molecule has 4 atom stereocenters. The Bertz CT molecular complexity index is 1000. The molecule has 0 fully saturated rings. The minimum absolute atomic E-state index is 0.0260. The molecule has 140 valence electrons. The summed E-state index contributed by atoms with van der Waals surface area (Å²) in [5.41, 5.74) is 5.88. The first-order valence-corrected chi connectivity index (χ1v) is 10.4. The largest absolute Gasteiger partial charge is 0.370 e. The predicted octanol–water partition coefficient (Wildman–Crippen LogP) is 5.09. The molecule has 2 aromatic rings. The van der Waals surface area contributed by atoms with E-state index in [1.54, 1.807) is 0 Å². The van der Waals surface area contributed by atoms with Gasteiger partial charge < -0.3 is 10.2 Å². The van der Waals surface area contributed by atoms with Crippen LogP contribution in [-0.2, 0) is 0 Å². The summed E-state index contributed by atoms with van der Waals surface area (Å²) in [6.45, 7) is 2.27. The minimum Gasteiger partial charge on any atom is -0.370 e. The van der Waals surface area contributed by atoms with Gasteiger partial charge in [0.05, 0.1) is 0 Å². The van der Waals surface area contributed by atoms with Gasteiger partial charge in [0.2, 0.25) is 0 Å². The van der Waals surface area contributed by atoms with Crippen molar-refractivity contribution in [3.63, 3.8) is 0 Å². The summed E-state index contributed by atoms with van der Waals surface area (Å²) in [6, 6.07) is 13.9. The topological polar surface area (TPSA) is 32.3 Å². The van der Waals surface area contributed by atoms with Crippen molar-refractivity contribution in [3.05, 3.63) is 83.5 Å². The van der Waals surface area contributed by atoms with Crippen molar-refractivity contribution in [2.45, 2.75) is 24.7 Å². The highest BCUT2D eigenvalue weighted by Gasteiger charge is 2.43. The molecule has 4 aliphatic rings. The van der Waals surface area contributed by atoms with E-state index in [1.807, 2.05) is 30.3 Å². The Morgan fingerprint density at radius 1 is 0.893 bits per heavy atom. The fourth-order valence-electron chi connectivity index (χ4n) is 5.77. The number of hydrogen-bond acceptors (Lipinski definition) is 2. The number of hydrogen-bond donors (Lipinski definition) is 1. The molecule has 0 saturated carbocycles. The lowest BCUT2D eigenvalue weighted by Crippen LogP contribution is -2.44. The fourth-order valence-corrected chi connectivity index (χ4v) is 5.77. The minimum atomic E-state index is -0.0260. The van der Waals surface area contributed by atoms with Crippen LogP contribution in [0.25, 0.3) is 0 Å². The Kier molecular flexibility index (Phi) is 3.52. The molecular weight excluding hydrogens is 344 g/mol. The molecule has 2 aromatic carbocycles. The number of nitrogens with zero attached hydrogens (tertiary/aromatic N) is 1. The first-order valence-electron chi connectivity index (χ1n) is 10.4. The summed E-state index contributed by atoms with van der Waals surface area (Å²) in [7, 11) is 0. The number of fused-ring (bicyclic) bond motifs is 4. The number of benzene rings is 2. The third-order valence-electron chi connectivity index (χ3n) is 7.03. The molecule has 0 aromatic heterocycles. The lowest BCUT2D eigenvalue weighted by atomic mass is 9.74. The fraction of sp³-hybridized carbons (Fsp3) is 0.320. The maximum absolute atomic E-state index is 12.9. The monoisotopic (exact) mass is 368 g/mol. The van der Waals surface area contributed by atoms with Crippen LogP contribution < -0.4 is 10.2 Å². The van der Waals surface area contributed by atoms with Crippen molar-refractivity contribution in [2.24, 2.45) is 11.8 Å². The molecule has 2 aliphatic carbocycles. The van der Waals surface area contributed by atoms with Crippen LogP contribution in [0.3, 0.4) is 0 Å². The maximum atomic E-state index is 12.9. The van der Waals surface area contributed by atoms with Gasteiger partial charge in [0.15, 0.2) is 0 Å². The second-order valence-electron chi connectivity index (χ2n) is 8.59. The average molecular weight is 368 g/mol. The number of allylic oxidation sites excluding steroid dienone is 4. The molecule has 1 N–H and O–H groups in total. The molecule has 28 heavy (non-hydrogen) atoms. The van der Waals surface area contributed by atoms with Gasteiger partial charge in [0.25, 0.3) is 5.91 Å². The number of carbonyl (C=O) groups excluding carboxylic acids is 1. The van der Waals surface area contributed by atoms with Crippen molar-refractivity contribution in [1.29, 1.82) is 0 Å². The maximum Gasteiger partial charge on any atom is 0.255 e. The van der Waals surface area contributed by atoms with E-state index in [0.717, 1.165) is 25.2 Å². The summed E-state index contributed by atoms with van der Waals surface area (Å²) >= 11 is 0. The molecule has 1 amide bonds. The van der Waals surface area contributed by atoms with Crippen LogP contribution in [-0.4, -0.2) is 19.0 Å². The summed E-state index contributed by atoms with van der Waals surface area (Å²) in [6.07, 6.45) is 11.8. The Hall–Kier alpha value is -2.81. The lowest BCUT2D eigenvalue weighted by Gasteiger charge is -2.46. The van der Waals surface area contributed by atoms with Crippen LogP contribution in [0.4, 0.5) is 11.4 Å². The molecule has 3 nitrogen and oxygen atoms in total. The van der Waals surface area contributed by atoms with Gasteiger partial charge in [-0.25, -0.2) is 0 Å². The van der Waals surface area contributed by atoms with Gasteiger partial charge >= 0.3 is 0 Å². The first-order chi connectivity index (χ1) is 13.8. The number of amides is 1. The highest BCUT2D eigenvalue weighted by atomic mass is 16.1. The number of nitrogens with one attached hydrogen (secondary N) is 1. The van der Waals surface area contributed by atoms with Crippen LogP contribution in [0.5, 0.6) is 0 Å². The van der Waals surface area contributed by atoms with Crippen LogP contribution in [0.15, 0.2) is 66.8 Å². The lowest BCUT2D eigenvalue weighted by molar-refractivity contribution is 0.102. The molecule has 2 heterocycles. The summed E-state index contributed by atoms with van der Waals surface area (Å²) in [4.78, 5) is 15.5. The quantitative estimate of drug-likeness (QED) is 0.749. The highest BCUT2D eigenvalue weighted by molar-refractivity contribution is 6.05. The zero-order chi connectivity index (χ0) is 18.7. The zero-order valence-corrected chi connectivity index (χ0v) is 15.8. The van der Waals surface area contributed by atoms with Crippen LogP contribution in [0.1, 0.15) is 46.2 Å². The molecule has 0 saturated heterocycles. The summed E-state index contributed by atoms with van der Waals surface area (Å²) in [5, 5.41) is 3.24. The van der Waals surface area contributed by atoms with Gasteiger partial charge in [0, 0.05) is 47.4 Å².